The summed E-state index contributed by atoms with van der Waals surface area (Å²) < 4.78 is 4.55. The zero-order valence-corrected chi connectivity index (χ0v) is 24.1. The standard InChI is InChI=1S/C40H25N3O2/c41-25-29(40(44)45)23-26-13-18-30(19-14-26)43-38-12-6-3-9-34(38)35-24-28(17-22-39(35)43)27-15-20-31(21-16-27)42-36-10-4-1-7-32(36)33-8-2-5-11-37(33)42/h1-24H,(H,44,45)/b29-23+. The first-order chi connectivity index (χ1) is 22.1. The molecular formula is C40H25N3O2. The van der Waals surface area contributed by atoms with E-state index in [0.717, 1.165) is 44.3 Å². The van der Waals surface area contributed by atoms with Gasteiger partial charge in [-0.3, -0.25) is 0 Å². The minimum absolute atomic E-state index is 0.296. The molecule has 6 aromatic carbocycles. The second kappa shape index (κ2) is 10.4. The first kappa shape index (κ1) is 26.3. The largest absolute Gasteiger partial charge is 0.477 e. The highest BCUT2D eigenvalue weighted by Gasteiger charge is 2.15. The van der Waals surface area contributed by atoms with Gasteiger partial charge < -0.3 is 14.2 Å². The Balaban J connectivity index is 1.21. The lowest BCUT2D eigenvalue weighted by atomic mass is 10.0. The molecule has 0 atom stereocenters. The molecule has 0 unspecified atom stereocenters. The molecule has 0 aliphatic heterocycles. The molecule has 0 spiro atoms. The number of carboxylic acid groups (broad SMARTS) is 1. The number of aliphatic carboxylic acids is 1. The number of para-hydroxylation sites is 3. The van der Waals surface area contributed by atoms with E-state index in [9.17, 15) is 9.90 Å². The number of carboxylic acids is 1. The Labute approximate surface area is 258 Å². The lowest BCUT2D eigenvalue weighted by molar-refractivity contribution is -0.132. The van der Waals surface area contributed by atoms with Crippen molar-refractivity contribution in [3.05, 3.63) is 151 Å². The molecule has 0 radical (unpaired) electrons. The van der Waals surface area contributed by atoms with Gasteiger partial charge in [0, 0.05) is 32.9 Å². The van der Waals surface area contributed by atoms with E-state index in [1.54, 1.807) is 6.07 Å². The molecule has 2 heterocycles. The van der Waals surface area contributed by atoms with Crippen LogP contribution in [0.1, 0.15) is 5.56 Å². The van der Waals surface area contributed by atoms with E-state index in [4.69, 9.17) is 5.26 Å². The van der Waals surface area contributed by atoms with Gasteiger partial charge >= 0.3 is 5.97 Å². The molecule has 45 heavy (non-hydrogen) atoms. The highest BCUT2D eigenvalue weighted by atomic mass is 16.4. The number of benzene rings is 6. The van der Waals surface area contributed by atoms with Crippen LogP contribution in [0.4, 0.5) is 0 Å². The van der Waals surface area contributed by atoms with Crippen LogP contribution in [0.2, 0.25) is 0 Å². The molecule has 0 amide bonds. The molecule has 0 aliphatic carbocycles. The van der Waals surface area contributed by atoms with Crippen molar-refractivity contribution in [3.8, 4) is 28.6 Å². The van der Waals surface area contributed by atoms with Crippen molar-refractivity contribution < 1.29 is 9.90 Å². The number of aromatic nitrogens is 2. The summed E-state index contributed by atoms with van der Waals surface area (Å²) in [7, 11) is 0. The molecule has 0 fully saturated rings. The smallest absolute Gasteiger partial charge is 0.346 e. The number of hydrogen-bond acceptors (Lipinski definition) is 2. The number of rotatable bonds is 5. The molecule has 2 aromatic heterocycles. The fourth-order valence-electron chi connectivity index (χ4n) is 6.46. The summed E-state index contributed by atoms with van der Waals surface area (Å²) in [5.74, 6) is -1.24. The Bertz CT molecular complexity index is 2450. The summed E-state index contributed by atoms with van der Waals surface area (Å²) in [4.78, 5) is 11.3. The highest BCUT2D eigenvalue weighted by Crippen LogP contribution is 2.36. The average Bonchev–Trinajstić information content (AvgIpc) is 3.60. The highest BCUT2D eigenvalue weighted by molar-refractivity contribution is 6.11. The first-order valence-electron chi connectivity index (χ1n) is 14.7. The number of carbonyl (C=O) groups is 1. The zero-order valence-electron chi connectivity index (χ0n) is 24.1. The average molecular weight is 580 g/mol. The van der Waals surface area contributed by atoms with Crippen LogP contribution in [0.3, 0.4) is 0 Å². The number of fused-ring (bicyclic) bond motifs is 6. The van der Waals surface area contributed by atoms with Crippen LogP contribution in [0, 0.1) is 11.3 Å². The molecule has 0 bridgehead atoms. The molecule has 5 heteroatoms. The number of hydrogen-bond donors (Lipinski definition) is 1. The van der Waals surface area contributed by atoms with E-state index in [1.807, 2.05) is 30.3 Å². The van der Waals surface area contributed by atoms with Gasteiger partial charge in [-0.1, -0.05) is 84.9 Å². The summed E-state index contributed by atoms with van der Waals surface area (Å²) in [5, 5.41) is 23.1. The monoisotopic (exact) mass is 579 g/mol. The van der Waals surface area contributed by atoms with Gasteiger partial charge in [-0.15, -0.1) is 0 Å². The maximum absolute atomic E-state index is 11.3. The third kappa shape index (κ3) is 4.28. The lowest BCUT2D eigenvalue weighted by Gasteiger charge is -2.10. The Kier molecular flexibility index (Phi) is 6.07. The molecule has 8 rings (SSSR count). The molecule has 0 aliphatic rings. The Morgan fingerprint density at radius 3 is 1.51 bits per heavy atom. The van der Waals surface area contributed by atoms with Crippen LogP contribution in [0.5, 0.6) is 0 Å². The van der Waals surface area contributed by atoms with Crippen molar-refractivity contribution in [2.75, 3.05) is 0 Å². The minimum Gasteiger partial charge on any atom is -0.477 e. The van der Waals surface area contributed by atoms with Crippen LogP contribution in [0.15, 0.2) is 145 Å². The summed E-state index contributed by atoms with van der Waals surface area (Å²) in [6.45, 7) is 0. The number of nitrogens with zero attached hydrogens (tertiary/aromatic N) is 3. The molecule has 0 saturated carbocycles. The molecular weight excluding hydrogens is 554 g/mol. The van der Waals surface area contributed by atoms with Crippen molar-refractivity contribution in [1.82, 2.24) is 9.13 Å². The third-order valence-corrected chi connectivity index (χ3v) is 8.52. The normalized spacial score (nSPS) is 11.8. The van der Waals surface area contributed by atoms with E-state index in [0.29, 0.717) is 5.56 Å². The maximum Gasteiger partial charge on any atom is 0.346 e. The van der Waals surface area contributed by atoms with E-state index < -0.39 is 5.97 Å². The van der Waals surface area contributed by atoms with Crippen LogP contribution in [0.25, 0.3) is 72.2 Å². The first-order valence-corrected chi connectivity index (χ1v) is 14.7. The quantitative estimate of drug-likeness (QED) is 0.163. The van der Waals surface area contributed by atoms with E-state index in [2.05, 4.69) is 118 Å². The SMILES string of the molecule is N#C/C(=C\c1ccc(-n2c3ccccc3c3cc(-c4ccc(-n5c6ccccc6c6ccccc65)cc4)ccc32)cc1)C(=O)O. The van der Waals surface area contributed by atoms with Gasteiger partial charge in [0.1, 0.15) is 11.6 Å². The van der Waals surface area contributed by atoms with Crippen molar-refractivity contribution in [3.63, 3.8) is 0 Å². The molecule has 1 N–H and O–H groups in total. The maximum atomic E-state index is 11.3. The Morgan fingerprint density at radius 1 is 0.556 bits per heavy atom. The predicted octanol–water partition coefficient (Wildman–Crippen LogP) is 9.54. The summed E-state index contributed by atoms with van der Waals surface area (Å²) in [6.07, 6.45) is 1.39. The molecule has 8 aromatic rings. The van der Waals surface area contributed by atoms with Gasteiger partial charge in [0.25, 0.3) is 0 Å². The number of nitriles is 1. The van der Waals surface area contributed by atoms with Crippen molar-refractivity contribution in [2.24, 2.45) is 0 Å². The molecule has 0 saturated heterocycles. The van der Waals surface area contributed by atoms with Gasteiger partial charge in [0.15, 0.2) is 0 Å². The van der Waals surface area contributed by atoms with E-state index >= 15 is 0 Å². The van der Waals surface area contributed by atoms with Gasteiger partial charge in [-0.05, 0) is 77.4 Å². The van der Waals surface area contributed by atoms with Crippen molar-refractivity contribution in [2.45, 2.75) is 0 Å². The fourth-order valence-corrected chi connectivity index (χ4v) is 6.46. The second-order valence-corrected chi connectivity index (χ2v) is 11.1. The summed E-state index contributed by atoms with van der Waals surface area (Å²) >= 11 is 0. The van der Waals surface area contributed by atoms with Crippen molar-refractivity contribution in [1.29, 1.82) is 5.26 Å². The van der Waals surface area contributed by atoms with Gasteiger partial charge in [-0.2, -0.15) is 5.26 Å². The minimum atomic E-state index is -1.24. The van der Waals surface area contributed by atoms with Crippen LogP contribution >= 0.6 is 0 Å². The van der Waals surface area contributed by atoms with Crippen LogP contribution in [-0.4, -0.2) is 20.2 Å². The fraction of sp³-hybridized carbons (Fsp3) is 0. The van der Waals surface area contributed by atoms with Gasteiger partial charge in [0.05, 0.1) is 22.1 Å². The predicted molar refractivity (Wildman–Crippen MR) is 182 cm³/mol. The summed E-state index contributed by atoms with van der Waals surface area (Å²) in [6, 6.07) is 50.1. The van der Waals surface area contributed by atoms with Crippen LogP contribution in [-0.2, 0) is 4.79 Å². The van der Waals surface area contributed by atoms with Crippen LogP contribution < -0.4 is 0 Å². The van der Waals surface area contributed by atoms with Gasteiger partial charge in [0.2, 0.25) is 0 Å². The zero-order chi connectivity index (χ0) is 30.5. The molecule has 5 nitrogen and oxygen atoms in total. The van der Waals surface area contributed by atoms with Gasteiger partial charge in [-0.25, -0.2) is 4.79 Å². The Morgan fingerprint density at radius 2 is 1.00 bits per heavy atom. The summed E-state index contributed by atoms with van der Waals surface area (Å²) in [5.41, 5.74) is 9.26. The topological polar surface area (TPSA) is 71.0 Å². The third-order valence-electron chi connectivity index (χ3n) is 8.52. The van der Waals surface area contributed by atoms with E-state index in [-0.39, 0.29) is 5.57 Å². The molecule has 212 valence electrons. The Hall–Kier alpha value is -6.38. The second-order valence-electron chi connectivity index (χ2n) is 11.1. The lowest BCUT2D eigenvalue weighted by Crippen LogP contribution is -1.97. The van der Waals surface area contributed by atoms with Crippen molar-refractivity contribution >= 4 is 55.7 Å². The van der Waals surface area contributed by atoms with E-state index in [1.165, 1.54) is 27.9 Å².